The number of carboxylic acids is 1. The first-order valence-electron chi connectivity index (χ1n) is 9.72. The molecule has 2 aliphatic rings. The molecule has 0 bridgehead atoms. The number of rotatable bonds is 9. The Morgan fingerprint density at radius 1 is 1.25 bits per heavy atom. The monoisotopic (exact) mass is 407 g/mol. The fraction of sp³-hybridized carbons (Fsp3) is 0.550. The maximum atomic E-state index is 13.5. The van der Waals surface area contributed by atoms with Gasteiger partial charge in [0.05, 0.1) is 17.4 Å². The lowest BCUT2D eigenvalue weighted by molar-refractivity contribution is -0.307. The summed E-state index contributed by atoms with van der Waals surface area (Å²) >= 11 is 0. The van der Waals surface area contributed by atoms with Gasteiger partial charge in [0.25, 0.3) is 0 Å². The van der Waals surface area contributed by atoms with Gasteiger partial charge in [-0.15, -0.1) is 0 Å². The zero-order valence-electron chi connectivity index (χ0n) is 15.8. The van der Waals surface area contributed by atoms with Gasteiger partial charge in [0.1, 0.15) is 19.9 Å². The highest BCUT2D eigenvalue weighted by Crippen LogP contribution is 2.44. The summed E-state index contributed by atoms with van der Waals surface area (Å²) in [7, 11) is -4.23. The van der Waals surface area contributed by atoms with E-state index in [9.17, 15) is 19.4 Å². The summed E-state index contributed by atoms with van der Waals surface area (Å²) in [4.78, 5) is 24.2. The zero-order valence-corrected chi connectivity index (χ0v) is 16.7. The molecule has 1 aliphatic carbocycles. The first kappa shape index (κ1) is 21.1. The normalized spacial score (nSPS) is 24.2. The van der Waals surface area contributed by atoms with Crippen LogP contribution in [0.1, 0.15) is 32.1 Å². The van der Waals surface area contributed by atoms with Crippen molar-refractivity contribution in [1.29, 1.82) is 0 Å². The first-order valence-corrected chi connectivity index (χ1v) is 11.3. The van der Waals surface area contributed by atoms with Crippen molar-refractivity contribution in [2.75, 3.05) is 26.3 Å². The molecule has 0 radical (unpaired) electrons. The number of benzene rings is 1. The van der Waals surface area contributed by atoms with Crippen LogP contribution in [0.15, 0.2) is 36.4 Å². The van der Waals surface area contributed by atoms with E-state index in [0.29, 0.717) is 19.7 Å². The molecular weight excluding hydrogens is 381 g/mol. The van der Waals surface area contributed by atoms with Crippen molar-refractivity contribution in [1.82, 2.24) is 4.67 Å². The van der Waals surface area contributed by atoms with E-state index >= 15 is 0 Å². The number of nitrogens with zero attached hydrogens (tertiary/aromatic N) is 1. The molecule has 0 spiro atoms. The molecule has 3 rings (SSSR count). The SMILES string of the molecule is O=C([O-])COc1ccccc1P(=O)([O-])N(C[C@H]1CC=CCC1)C[C@@H]1CCCO1. The number of carboxylic acid groups (broad SMARTS) is 1. The summed E-state index contributed by atoms with van der Waals surface area (Å²) in [6, 6.07) is 6.15. The molecule has 1 heterocycles. The molecule has 1 fully saturated rings. The van der Waals surface area contributed by atoms with Crippen LogP contribution in [-0.4, -0.2) is 43.0 Å². The van der Waals surface area contributed by atoms with E-state index in [2.05, 4.69) is 12.2 Å². The fourth-order valence-electron chi connectivity index (χ4n) is 3.73. The van der Waals surface area contributed by atoms with Gasteiger partial charge in [-0.2, -0.15) is 0 Å². The summed E-state index contributed by atoms with van der Waals surface area (Å²) in [5.74, 6) is -1.11. The number of carbonyl (C=O) groups excluding carboxylic acids is 1. The van der Waals surface area contributed by atoms with Crippen molar-refractivity contribution in [2.45, 2.75) is 38.2 Å². The highest BCUT2D eigenvalue weighted by Gasteiger charge is 2.30. The number of allylic oxidation sites excluding steroid dienone is 2. The number of carbonyl (C=O) groups is 1. The van der Waals surface area contributed by atoms with Gasteiger partial charge in [-0.1, -0.05) is 24.3 Å². The molecule has 7 nitrogen and oxygen atoms in total. The van der Waals surface area contributed by atoms with E-state index in [0.717, 1.165) is 32.1 Å². The molecule has 3 atom stereocenters. The Labute approximate surface area is 165 Å². The smallest absolute Gasteiger partial charge is 0.130 e. The van der Waals surface area contributed by atoms with Gasteiger partial charge in [0.2, 0.25) is 0 Å². The number of hydrogen-bond donors (Lipinski definition) is 0. The molecule has 0 amide bonds. The molecule has 1 unspecified atom stereocenters. The number of hydrogen-bond acceptors (Lipinski definition) is 6. The second kappa shape index (κ2) is 9.70. The molecule has 1 aliphatic heterocycles. The van der Waals surface area contributed by atoms with E-state index in [1.165, 1.54) is 16.8 Å². The van der Waals surface area contributed by atoms with Gasteiger partial charge >= 0.3 is 0 Å². The van der Waals surface area contributed by atoms with E-state index in [-0.39, 0.29) is 23.1 Å². The molecule has 1 aromatic rings. The topological polar surface area (TPSA) is 102 Å². The second-order valence-corrected chi connectivity index (χ2v) is 9.39. The van der Waals surface area contributed by atoms with E-state index in [1.54, 1.807) is 12.1 Å². The minimum atomic E-state index is -4.23. The van der Waals surface area contributed by atoms with Crippen molar-refractivity contribution >= 4 is 18.8 Å². The van der Waals surface area contributed by atoms with Crippen molar-refractivity contribution in [3.05, 3.63) is 36.4 Å². The average Bonchev–Trinajstić information content (AvgIpc) is 3.20. The Morgan fingerprint density at radius 3 is 2.75 bits per heavy atom. The number of para-hydroxylation sites is 1. The van der Waals surface area contributed by atoms with Crippen LogP contribution < -0.4 is 20.0 Å². The van der Waals surface area contributed by atoms with Gasteiger partial charge in [-0.05, 0) is 50.2 Å². The molecule has 28 heavy (non-hydrogen) atoms. The number of aliphatic carboxylic acids is 1. The van der Waals surface area contributed by atoms with Gasteiger partial charge < -0.3 is 28.8 Å². The minimum absolute atomic E-state index is 0.000554. The number of ether oxygens (including phenoxy) is 2. The summed E-state index contributed by atoms with van der Waals surface area (Å²) in [6.07, 6.45) is 8.63. The molecule has 1 saturated heterocycles. The predicted octanol–water partition coefficient (Wildman–Crippen LogP) is 0.831. The minimum Gasteiger partial charge on any atom is -0.784 e. The first-order chi connectivity index (χ1) is 13.5. The van der Waals surface area contributed by atoms with Crippen molar-refractivity contribution in [3.63, 3.8) is 0 Å². The standard InChI is InChI=1S/C20H28NO6P/c22-20(23)15-27-18-10-4-5-11-19(18)28(24,25)21(14-17-9-6-12-26-17)13-16-7-2-1-3-8-16/h1-2,4-5,10-11,16-17H,3,6-9,12-15H2,(H,22,23)(H,24,25)/p-2/t16-,17-/m0/s1. The Balaban J connectivity index is 1.84. The largest absolute Gasteiger partial charge is 0.784 e. The van der Waals surface area contributed by atoms with Crippen LogP contribution >= 0.6 is 7.52 Å². The fourth-order valence-corrected chi connectivity index (χ4v) is 5.57. The lowest BCUT2D eigenvalue weighted by atomic mass is 9.94. The maximum Gasteiger partial charge on any atom is 0.130 e. The quantitative estimate of drug-likeness (QED) is 0.441. The third kappa shape index (κ3) is 5.45. The van der Waals surface area contributed by atoms with Crippen LogP contribution in [0.25, 0.3) is 0 Å². The maximum absolute atomic E-state index is 13.5. The Hall–Kier alpha value is -1.66. The zero-order chi connectivity index (χ0) is 20.0. The van der Waals surface area contributed by atoms with Crippen LogP contribution in [0, 0.1) is 5.92 Å². The third-order valence-electron chi connectivity index (χ3n) is 5.17. The molecule has 0 aromatic heterocycles. The van der Waals surface area contributed by atoms with Crippen molar-refractivity contribution in [2.24, 2.45) is 5.92 Å². The summed E-state index contributed by atoms with van der Waals surface area (Å²) < 4.78 is 25.9. The highest BCUT2D eigenvalue weighted by molar-refractivity contribution is 7.62. The third-order valence-corrected chi connectivity index (χ3v) is 7.22. The summed E-state index contributed by atoms with van der Waals surface area (Å²) in [5, 5.41) is 10.7. The summed E-state index contributed by atoms with van der Waals surface area (Å²) in [6.45, 7) is 0.672. The van der Waals surface area contributed by atoms with Crippen LogP contribution in [0.2, 0.25) is 0 Å². The predicted molar refractivity (Wildman–Crippen MR) is 101 cm³/mol. The van der Waals surface area contributed by atoms with E-state index < -0.39 is 20.1 Å². The van der Waals surface area contributed by atoms with Crippen molar-refractivity contribution < 1.29 is 28.8 Å². The molecule has 0 saturated carbocycles. The lowest BCUT2D eigenvalue weighted by Gasteiger charge is -2.40. The van der Waals surface area contributed by atoms with E-state index in [1.807, 2.05) is 0 Å². The summed E-state index contributed by atoms with van der Waals surface area (Å²) in [5.41, 5.74) is 0. The molecule has 1 aromatic carbocycles. The molecule has 8 heteroatoms. The Kier molecular flexibility index (Phi) is 7.30. The molecule has 0 N–H and O–H groups in total. The molecule has 154 valence electrons. The highest BCUT2D eigenvalue weighted by atomic mass is 31.2. The van der Waals surface area contributed by atoms with Gasteiger partial charge in [0.15, 0.2) is 0 Å². The average molecular weight is 407 g/mol. The Bertz CT molecular complexity index is 746. The Morgan fingerprint density at radius 2 is 2.07 bits per heavy atom. The van der Waals surface area contributed by atoms with Gasteiger partial charge in [0, 0.05) is 19.7 Å². The van der Waals surface area contributed by atoms with Crippen LogP contribution in [0.4, 0.5) is 0 Å². The van der Waals surface area contributed by atoms with Gasteiger partial charge in [-0.3, -0.25) is 4.67 Å². The van der Waals surface area contributed by atoms with Crippen LogP contribution in [0.5, 0.6) is 5.75 Å². The van der Waals surface area contributed by atoms with Crippen LogP contribution in [0.3, 0.4) is 0 Å². The second-order valence-electron chi connectivity index (χ2n) is 7.31. The van der Waals surface area contributed by atoms with Crippen molar-refractivity contribution in [3.8, 4) is 5.75 Å². The van der Waals surface area contributed by atoms with Gasteiger partial charge in [-0.25, -0.2) is 0 Å². The lowest BCUT2D eigenvalue weighted by Crippen LogP contribution is -2.41. The van der Waals surface area contributed by atoms with Crippen LogP contribution in [-0.2, 0) is 14.1 Å². The molecular formula is C20H26NO6P-2. The van der Waals surface area contributed by atoms with E-state index in [4.69, 9.17) is 9.47 Å².